The second-order valence-corrected chi connectivity index (χ2v) is 6.25. The van der Waals surface area contributed by atoms with Crippen LogP contribution < -0.4 is 4.74 Å². The van der Waals surface area contributed by atoms with Crippen molar-refractivity contribution < 1.29 is 19.4 Å². The molecule has 1 fully saturated rings. The van der Waals surface area contributed by atoms with E-state index in [4.69, 9.17) is 9.47 Å². The minimum absolute atomic E-state index is 0.0445. The average molecular weight is 324 g/mol. The summed E-state index contributed by atoms with van der Waals surface area (Å²) in [5.41, 5.74) is -0.0331. The Morgan fingerprint density at radius 1 is 1.12 bits per heavy atom. The van der Waals surface area contributed by atoms with E-state index >= 15 is 0 Å². The number of hydrogen-bond donors (Lipinski definition) is 1. The van der Waals surface area contributed by atoms with Crippen molar-refractivity contribution in [1.29, 1.82) is 0 Å². The fourth-order valence-corrected chi connectivity index (χ4v) is 2.67. The van der Waals surface area contributed by atoms with Crippen LogP contribution in [0.25, 0.3) is 6.08 Å². The van der Waals surface area contributed by atoms with E-state index in [2.05, 4.69) is 0 Å². The smallest absolute Gasteiger partial charge is 0.309 e. The van der Waals surface area contributed by atoms with Gasteiger partial charge in [0.1, 0.15) is 17.6 Å². The molecule has 2 unspecified atom stereocenters. The molecular weight excluding hydrogens is 304 g/mol. The Hall–Kier alpha value is -2.59. The van der Waals surface area contributed by atoms with Gasteiger partial charge >= 0.3 is 5.97 Å². The van der Waals surface area contributed by atoms with E-state index in [1.807, 2.05) is 60.7 Å². The van der Waals surface area contributed by atoms with E-state index < -0.39 is 11.7 Å². The molecule has 0 aromatic heterocycles. The van der Waals surface area contributed by atoms with Crippen LogP contribution in [0.5, 0.6) is 11.5 Å². The van der Waals surface area contributed by atoms with Gasteiger partial charge in [0, 0.05) is 6.42 Å². The lowest BCUT2D eigenvalue weighted by Gasteiger charge is -2.31. The van der Waals surface area contributed by atoms with Gasteiger partial charge in [-0.25, -0.2) is 0 Å². The molecule has 3 rings (SSSR count). The molecule has 2 atom stereocenters. The normalized spacial score (nSPS) is 23.9. The average Bonchev–Trinajstić information content (AvgIpc) is 2.53. The van der Waals surface area contributed by atoms with E-state index in [9.17, 15) is 9.90 Å². The molecule has 0 spiro atoms. The molecule has 0 amide bonds. The molecule has 1 heterocycles. The zero-order valence-corrected chi connectivity index (χ0v) is 13.5. The van der Waals surface area contributed by atoms with Crippen LogP contribution in [0, 0.1) is 0 Å². The maximum Gasteiger partial charge on any atom is 0.309 e. The van der Waals surface area contributed by atoms with Gasteiger partial charge in [0.05, 0.1) is 12.0 Å². The van der Waals surface area contributed by atoms with Gasteiger partial charge in [-0.1, -0.05) is 36.4 Å². The van der Waals surface area contributed by atoms with E-state index in [0.717, 1.165) is 17.1 Å². The zero-order chi connectivity index (χ0) is 17.0. The molecule has 124 valence electrons. The van der Waals surface area contributed by atoms with Crippen molar-refractivity contribution in [3.05, 3.63) is 66.2 Å². The lowest BCUT2D eigenvalue weighted by molar-refractivity contribution is -0.163. The number of rotatable bonds is 4. The summed E-state index contributed by atoms with van der Waals surface area (Å²) < 4.78 is 11.0. The summed E-state index contributed by atoms with van der Waals surface area (Å²) >= 11 is 0. The van der Waals surface area contributed by atoms with Crippen LogP contribution in [-0.2, 0) is 9.53 Å². The lowest BCUT2D eigenvalue weighted by Crippen LogP contribution is -2.40. The van der Waals surface area contributed by atoms with E-state index in [0.29, 0.717) is 6.42 Å². The molecule has 1 saturated heterocycles. The highest BCUT2D eigenvalue weighted by Crippen LogP contribution is 2.26. The topological polar surface area (TPSA) is 55.8 Å². The van der Waals surface area contributed by atoms with Gasteiger partial charge in [0.15, 0.2) is 0 Å². The number of benzene rings is 2. The van der Waals surface area contributed by atoms with Gasteiger partial charge < -0.3 is 14.6 Å². The molecule has 2 aromatic carbocycles. The molecule has 4 nitrogen and oxygen atoms in total. The van der Waals surface area contributed by atoms with Gasteiger partial charge in [-0.3, -0.25) is 4.79 Å². The third-order valence-corrected chi connectivity index (χ3v) is 3.81. The number of aliphatic hydroxyl groups is 1. The van der Waals surface area contributed by atoms with Crippen molar-refractivity contribution in [1.82, 2.24) is 0 Å². The summed E-state index contributed by atoms with van der Waals surface area (Å²) in [5.74, 6) is 1.18. The molecule has 0 radical (unpaired) electrons. The minimum Gasteiger partial charge on any atom is -0.458 e. The summed E-state index contributed by atoms with van der Waals surface area (Å²) in [5, 5.41) is 10.0. The second kappa shape index (κ2) is 6.89. The summed E-state index contributed by atoms with van der Waals surface area (Å²) in [6, 6.07) is 17.2. The summed E-state index contributed by atoms with van der Waals surface area (Å²) in [4.78, 5) is 11.5. The van der Waals surface area contributed by atoms with Crippen LogP contribution in [0.15, 0.2) is 60.7 Å². The molecule has 0 aliphatic carbocycles. The van der Waals surface area contributed by atoms with Crippen LogP contribution in [0.1, 0.15) is 25.3 Å². The quantitative estimate of drug-likeness (QED) is 0.865. The third-order valence-electron chi connectivity index (χ3n) is 3.81. The predicted octanol–water partition coefficient (Wildman–Crippen LogP) is 3.95. The molecule has 2 aromatic rings. The number of esters is 1. The van der Waals surface area contributed by atoms with Crippen molar-refractivity contribution in [2.24, 2.45) is 0 Å². The van der Waals surface area contributed by atoms with Crippen LogP contribution >= 0.6 is 0 Å². The number of carbonyl (C=O) groups is 1. The number of para-hydroxylation sites is 1. The molecule has 0 saturated carbocycles. The van der Waals surface area contributed by atoms with Crippen molar-refractivity contribution in [2.75, 3.05) is 0 Å². The van der Waals surface area contributed by atoms with Crippen LogP contribution in [-0.4, -0.2) is 22.8 Å². The largest absolute Gasteiger partial charge is 0.458 e. The number of carbonyl (C=O) groups excluding carboxylic acids is 1. The summed E-state index contributed by atoms with van der Waals surface area (Å²) in [7, 11) is 0. The first kappa shape index (κ1) is 16.3. The van der Waals surface area contributed by atoms with E-state index in [-0.39, 0.29) is 12.4 Å². The van der Waals surface area contributed by atoms with Crippen LogP contribution in [0.2, 0.25) is 0 Å². The maximum atomic E-state index is 11.5. The van der Waals surface area contributed by atoms with Crippen molar-refractivity contribution in [2.45, 2.75) is 31.5 Å². The molecule has 1 aliphatic rings. The fraction of sp³-hybridized carbons (Fsp3) is 0.250. The van der Waals surface area contributed by atoms with E-state index in [1.54, 1.807) is 13.0 Å². The summed E-state index contributed by atoms with van der Waals surface area (Å²) in [6.07, 6.45) is 3.74. The van der Waals surface area contributed by atoms with Gasteiger partial charge in [0.2, 0.25) is 0 Å². The standard InChI is InChI=1S/C20H20O4/c1-20(22)13-18(24-19(21)14-20)12-9-15-7-10-17(11-8-15)23-16-5-3-2-4-6-16/h2-12,18,22H,13-14H2,1H3. The first-order valence-corrected chi connectivity index (χ1v) is 7.93. The van der Waals surface area contributed by atoms with Crippen molar-refractivity contribution in [3.63, 3.8) is 0 Å². The highest BCUT2D eigenvalue weighted by Gasteiger charge is 2.34. The van der Waals surface area contributed by atoms with Crippen LogP contribution in [0.3, 0.4) is 0 Å². The minimum atomic E-state index is -1.00. The molecule has 1 aliphatic heterocycles. The summed E-state index contributed by atoms with van der Waals surface area (Å²) in [6.45, 7) is 1.66. The first-order valence-electron chi connectivity index (χ1n) is 7.93. The first-order chi connectivity index (χ1) is 11.5. The fourth-order valence-electron chi connectivity index (χ4n) is 2.67. The van der Waals surface area contributed by atoms with Gasteiger partial charge in [0.25, 0.3) is 0 Å². The Kier molecular flexibility index (Phi) is 4.67. The number of cyclic esters (lactones) is 1. The Morgan fingerprint density at radius 2 is 1.79 bits per heavy atom. The number of hydrogen-bond acceptors (Lipinski definition) is 4. The molecule has 24 heavy (non-hydrogen) atoms. The molecule has 1 N–H and O–H groups in total. The highest BCUT2D eigenvalue weighted by atomic mass is 16.5. The Balaban J connectivity index is 1.62. The Morgan fingerprint density at radius 3 is 2.46 bits per heavy atom. The van der Waals surface area contributed by atoms with Crippen molar-refractivity contribution >= 4 is 12.0 Å². The van der Waals surface area contributed by atoms with Crippen molar-refractivity contribution in [3.8, 4) is 11.5 Å². The van der Waals surface area contributed by atoms with E-state index in [1.165, 1.54) is 0 Å². The lowest BCUT2D eigenvalue weighted by atomic mass is 9.92. The van der Waals surface area contributed by atoms with Crippen LogP contribution in [0.4, 0.5) is 0 Å². The SMILES string of the molecule is CC1(O)CC(=O)OC(C=Cc2ccc(Oc3ccccc3)cc2)C1. The second-order valence-electron chi connectivity index (χ2n) is 6.25. The molecule has 0 bridgehead atoms. The number of ether oxygens (including phenoxy) is 2. The predicted molar refractivity (Wildman–Crippen MR) is 91.7 cm³/mol. The zero-order valence-electron chi connectivity index (χ0n) is 13.5. The third kappa shape index (κ3) is 4.46. The van der Waals surface area contributed by atoms with Gasteiger partial charge in [-0.15, -0.1) is 0 Å². The monoisotopic (exact) mass is 324 g/mol. The van der Waals surface area contributed by atoms with Gasteiger partial charge in [-0.05, 0) is 42.8 Å². The highest BCUT2D eigenvalue weighted by molar-refractivity contribution is 5.72. The van der Waals surface area contributed by atoms with Gasteiger partial charge in [-0.2, -0.15) is 0 Å². The maximum absolute atomic E-state index is 11.5. The molecule has 4 heteroatoms. The molecular formula is C20H20O4. The Labute approximate surface area is 141 Å². The Bertz CT molecular complexity index is 717.